The maximum Gasteiger partial charge on any atom is 0.261 e. The normalized spacial score (nSPS) is 17.1. The van der Waals surface area contributed by atoms with Gasteiger partial charge in [0.05, 0.1) is 5.56 Å². The van der Waals surface area contributed by atoms with Crippen LogP contribution >= 0.6 is 0 Å². The van der Waals surface area contributed by atoms with E-state index >= 15 is 0 Å². The first-order chi connectivity index (χ1) is 12.4. The Morgan fingerprint density at radius 2 is 1.92 bits per heavy atom. The number of imide groups is 1. The van der Waals surface area contributed by atoms with Gasteiger partial charge >= 0.3 is 0 Å². The van der Waals surface area contributed by atoms with Gasteiger partial charge in [-0.05, 0) is 42.4 Å². The molecule has 1 heterocycles. The van der Waals surface area contributed by atoms with Crippen molar-refractivity contribution in [3.63, 3.8) is 0 Å². The molecular weight excluding hydrogens is 330 g/mol. The molecule has 1 aliphatic rings. The van der Waals surface area contributed by atoms with E-state index in [-0.39, 0.29) is 12.5 Å². The Hall–Kier alpha value is -2.73. The molecule has 1 atom stereocenters. The van der Waals surface area contributed by atoms with Gasteiger partial charge in [-0.25, -0.2) is 0 Å². The van der Waals surface area contributed by atoms with Gasteiger partial charge < -0.3 is 10.6 Å². The molecule has 0 aliphatic carbocycles. The minimum atomic E-state index is -1.12. The van der Waals surface area contributed by atoms with Crippen LogP contribution in [0.25, 0.3) is 10.8 Å². The highest BCUT2D eigenvalue weighted by Gasteiger charge is 2.43. The van der Waals surface area contributed by atoms with Gasteiger partial charge in [0.2, 0.25) is 11.8 Å². The second kappa shape index (κ2) is 6.88. The third-order valence-corrected chi connectivity index (χ3v) is 4.87. The molecule has 26 heavy (non-hydrogen) atoms. The van der Waals surface area contributed by atoms with E-state index in [0.29, 0.717) is 24.1 Å². The van der Waals surface area contributed by atoms with Crippen molar-refractivity contribution in [3.8, 4) is 0 Å². The van der Waals surface area contributed by atoms with Gasteiger partial charge in [0.15, 0.2) is 0 Å². The van der Waals surface area contributed by atoms with Crippen molar-refractivity contribution in [1.29, 1.82) is 0 Å². The number of nitrogens with zero attached hydrogens (tertiary/aromatic N) is 2. The number of amides is 3. The van der Waals surface area contributed by atoms with E-state index < -0.39 is 17.7 Å². The fourth-order valence-electron chi connectivity index (χ4n) is 3.56. The van der Waals surface area contributed by atoms with Crippen molar-refractivity contribution in [3.05, 3.63) is 47.0 Å². The topological polar surface area (TPSA) is 83.7 Å². The molecule has 0 aromatic heterocycles. The summed E-state index contributed by atoms with van der Waals surface area (Å²) >= 11 is 0. The molecule has 0 saturated heterocycles. The Bertz CT molecular complexity index is 905. The minimum absolute atomic E-state index is 0.221. The first-order valence-corrected chi connectivity index (χ1v) is 8.71. The molecule has 0 bridgehead atoms. The van der Waals surface area contributed by atoms with Gasteiger partial charge in [-0.1, -0.05) is 37.3 Å². The number of carbonyl (C=O) groups is 3. The van der Waals surface area contributed by atoms with Crippen LogP contribution in [0.5, 0.6) is 0 Å². The van der Waals surface area contributed by atoms with Gasteiger partial charge in [0.1, 0.15) is 5.92 Å². The lowest BCUT2D eigenvalue weighted by atomic mass is 9.81. The van der Waals surface area contributed by atoms with E-state index in [0.717, 1.165) is 16.3 Å². The monoisotopic (exact) mass is 353 g/mol. The van der Waals surface area contributed by atoms with Crippen LogP contribution in [-0.2, 0) is 16.0 Å². The second-order valence-corrected chi connectivity index (χ2v) is 6.83. The van der Waals surface area contributed by atoms with E-state index in [9.17, 15) is 14.4 Å². The highest BCUT2D eigenvalue weighted by Crippen LogP contribution is 2.37. The summed E-state index contributed by atoms with van der Waals surface area (Å²) in [6.45, 7) is 2.68. The molecule has 2 aromatic carbocycles. The molecule has 2 N–H and O–H groups in total. The van der Waals surface area contributed by atoms with Crippen LogP contribution in [0, 0.1) is 0 Å². The van der Waals surface area contributed by atoms with Crippen LogP contribution in [-0.4, -0.2) is 54.7 Å². The van der Waals surface area contributed by atoms with Crippen LogP contribution in [0.2, 0.25) is 0 Å². The largest absolute Gasteiger partial charge is 0.369 e. The zero-order valence-corrected chi connectivity index (χ0v) is 15.3. The minimum Gasteiger partial charge on any atom is -0.369 e. The first kappa shape index (κ1) is 18.1. The molecule has 1 aliphatic heterocycles. The van der Waals surface area contributed by atoms with Crippen LogP contribution in [0.15, 0.2) is 30.3 Å². The smallest absolute Gasteiger partial charge is 0.261 e. The van der Waals surface area contributed by atoms with Crippen LogP contribution in [0.1, 0.15) is 34.3 Å². The van der Waals surface area contributed by atoms with E-state index in [1.165, 1.54) is 4.90 Å². The van der Waals surface area contributed by atoms with Crippen LogP contribution in [0.4, 0.5) is 0 Å². The second-order valence-electron chi connectivity index (χ2n) is 6.83. The molecule has 6 heteroatoms. The van der Waals surface area contributed by atoms with Crippen molar-refractivity contribution in [2.24, 2.45) is 5.73 Å². The Morgan fingerprint density at radius 3 is 2.54 bits per heavy atom. The quantitative estimate of drug-likeness (QED) is 0.652. The Kier molecular flexibility index (Phi) is 4.78. The molecule has 6 nitrogen and oxygen atoms in total. The number of benzene rings is 2. The number of rotatable bonds is 5. The number of carbonyl (C=O) groups excluding carboxylic acids is 3. The maximum absolute atomic E-state index is 13.2. The Morgan fingerprint density at radius 1 is 1.23 bits per heavy atom. The molecule has 0 saturated carbocycles. The van der Waals surface area contributed by atoms with Crippen molar-refractivity contribution >= 4 is 28.5 Å². The summed E-state index contributed by atoms with van der Waals surface area (Å²) in [5.41, 5.74) is 7.33. The third kappa shape index (κ3) is 2.86. The average Bonchev–Trinajstić information content (AvgIpc) is 2.59. The zero-order chi connectivity index (χ0) is 19.0. The lowest BCUT2D eigenvalue weighted by Gasteiger charge is -2.34. The number of primary amides is 1. The van der Waals surface area contributed by atoms with E-state index in [1.54, 1.807) is 0 Å². The van der Waals surface area contributed by atoms with E-state index in [4.69, 9.17) is 5.73 Å². The fraction of sp³-hybridized carbons (Fsp3) is 0.350. The number of likely N-dealkylation sites (N-methyl/N-ethyl adjacent to an activating group) is 1. The average molecular weight is 353 g/mol. The van der Waals surface area contributed by atoms with Gasteiger partial charge in [-0.15, -0.1) is 0 Å². The molecule has 0 fully saturated rings. The Labute approximate surface area is 152 Å². The molecule has 2 aromatic rings. The fourth-order valence-corrected chi connectivity index (χ4v) is 3.56. The summed E-state index contributed by atoms with van der Waals surface area (Å²) in [5.74, 6) is -2.72. The van der Waals surface area contributed by atoms with Crippen molar-refractivity contribution in [2.75, 3.05) is 27.2 Å². The molecule has 3 rings (SSSR count). The molecule has 136 valence electrons. The summed E-state index contributed by atoms with van der Waals surface area (Å²) in [6.07, 6.45) is 0.606. The molecule has 0 radical (unpaired) electrons. The number of hydrogen-bond acceptors (Lipinski definition) is 4. The predicted octanol–water partition coefficient (Wildman–Crippen LogP) is 1.52. The van der Waals surface area contributed by atoms with Crippen molar-refractivity contribution < 1.29 is 14.4 Å². The Balaban J connectivity index is 2.29. The number of fused-ring (bicyclic) bond motifs is 3. The molecule has 1 unspecified atom stereocenters. The van der Waals surface area contributed by atoms with E-state index in [2.05, 4.69) is 0 Å². The van der Waals surface area contributed by atoms with Gasteiger partial charge in [0, 0.05) is 13.1 Å². The van der Waals surface area contributed by atoms with Gasteiger partial charge in [0.25, 0.3) is 5.91 Å². The van der Waals surface area contributed by atoms with Crippen molar-refractivity contribution in [2.45, 2.75) is 19.3 Å². The summed E-state index contributed by atoms with van der Waals surface area (Å²) in [7, 11) is 3.73. The number of aryl methyl sites for hydroxylation is 1. The number of hydrogen-bond donors (Lipinski definition) is 1. The first-order valence-electron chi connectivity index (χ1n) is 8.71. The van der Waals surface area contributed by atoms with Crippen molar-refractivity contribution in [1.82, 2.24) is 9.80 Å². The maximum atomic E-state index is 13.2. The lowest BCUT2D eigenvalue weighted by molar-refractivity contribution is -0.135. The lowest BCUT2D eigenvalue weighted by Crippen LogP contribution is -2.50. The van der Waals surface area contributed by atoms with Gasteiger partial charge in [-0.2, -0.15) is 0 Å². The van der Waals surface area contributed by atoms with Crippen LogP contribution < -0.4 is 5.73 Å². The SMILES string of the molecule is CCc1cc2ccccc2c2c1C(C(N)=O)C(=O)N(CCN(C)C)C2=O. The highest BCUT2D eigenvalue weighted by molar-refractivity contribution is 6.23. The summed E-state index contributed by atoms with van der Waals surface area (Å²) < 4.78 is 0. The molecule has 0 spiro atoms. The summed E-state index contributed by atoms with van der Waals surface area (Å²) in [4.78, 5) is 41.4. The van der Waals surface area contributed by atoms with Crippen LogP contribution in [0.3, 0.4) is 0 Å². The number of nitrogens with two attached hydrogens (primary N) is 1. The predicted molar refractivity (Wildman–Crippen MR) is 99.9 cm³/mol. The summed E-state index contributed by atoms with van der Waals surface area (Å²) in [6, 6.07) is 9.48. The standard InChI is InChI=1S/C20H23N3O3/c1-4-12-11-13-7-5-6-8-14(13)16-15(12)17(18(21)24)20(26)23(19(16)25)10-9-22(2)3/h5-8,11,17H,4,9-10H2,1-3H3,(H2,21,24). The molecular formula is C20H23N3O3. The molecule has 3 amide bonds. The van der Waals surface area contributed by atoms with E-state index in [1.807, 2.05) is 56.3 Å². The third-order valence-electron chi connectivity index (χ3n) is 4.87. The summed E-state index contributed by atoms with van der Waals surface area (Å²) in [5, 5.41) is 1.67. The van der Waals surface area contributed by atoms with Gasteiger partial charge in [-0.3, -0.25) is 19.3 Å². The zero-order valence-electron chi connectivity index (χ0n) is 15.3. The highest BCUT2D eigenvalue weighted by atomic mass is 16.2.